The van der Waals surface area contributed by atoms with Gasteiger partial charge in [-0.15, -0.1) is 0 Å². The monoisotopic (exact) mass is 263 g/mol. The molecule has 4 heteroatoms. The topological polar surface area (TPSA) is 54.4 Å². The van der Waals surface area contributed by atoms with E-state index in [9.17, 15) is 4.79 Å². The molecule has 4 nitrogen and oxygen atoms in total. The molecule has 2 heterocycles. The van der Waals surface area contributed by atoms with E-state index in [0.717, 1.165) is 11.1 Å². The van der Waals surface area contributed by atoms with Crippen LogP contribution in [0.1, 0.15) is 16.8 Å². The Labute approximate surface area is 116 Å². The van der Waals surface area contributed by atoms with Gasteiger partial charge >= 0.3 is 0 Å². The number of rotatable bonds is 2. The molecule has 0 spiro atoms. The van der Waals surface area contributed by atoms with Crippen LogP contribution in [0, 0.1) is 6.92 Å². The van der Waals surface area contributed by atoms with Gasteiger partial charge in [-0.05, 0) is 36.3 Å². The zero-order valence-electron chi connectivity index (χ0n) is 11.0. The molecule has 1 aliphatic heterocycles. The van der Waals surface area contributed by atoms with Crippen LogP contribution >= 0.6 is 0 Å². The van der Waals surface area contributed by atoms with Crippen molar-refractivity contribution in [3.8, 4) is 0 Å². The highest BCUT2D eigenvalue weighted by atomic mass is 16.2. The van der Waals surface area contributed by atoms with Crippen molar-refractivity contribution in [2.45, 2.75) is 6.92 Å². The minimum absolute atomic E-state index is 0.200. The summed E-state index contributed by atoms with van der Waals surface area (Å²) in [5.41, 5.74) is 3.16. The number of carbonyl (C=O) groups excluding carboxylic acids is 1. The summed E-state index contributed by atoms with van der Waals surface area (Å²) < 4.78 is 0. The van der Waals surface area contributed by atoms with Crippen LogP contribution < -0.4 is 5.32 Å². The summed E-state index contributed by atoms with van der Waals surface area (Å²) in [6, 6.07) is 13.4. The SMILES string of the molecule is Cc1ccccc1/C=C1\N=C(c2ccccn2)NC1=O. The molecule has 1 N–H and O–H groups in total. The molecule has 0 unspecified atom stereocenters. The number of amidine groups is 1. The van der Waals surface area contributed by atoms with Crippen LogP contribution in [-0.4, -0.2) is 16.7 Å². The van der Waals surface area contributed by atoms with Gasteiger partial charge in [-0.2, -0.15) is 0 Å². The highest BCUT2D eigenvalue weighted by Crippen LogP contribution is 2.16. The molecule has 0 fully saturated rings. The van der Waals surface area contributed by atoms with E-state index >= 15 is 0 Å². The fourth-order valence-corrected chi connectivity index (χ4v) is 1.99. The predicted molar refractivity (Wildman–Crippen MR) is 78.1 cm³/mol. The molecular weight excluding hydrogens is 250 g/mol. The molecule has 1 aromatic carbocycles. The van der Waals surface area contributed by atoms with E-state index in [1.165, 1.54) is 0 Å². The van der Waals surface area contributed by atoms with Gasteiger partial charge < -0.3 is 5.32 Å². The molecule has 3 rings (SSSR count). The Kier molecular flexibility index (Phi) is 3.13. The molecule has 0 bridgehead atoms. The fourth-order valence-electron chi connectivity index (χ4n) is 1.99. The first-order chi connectivity index (χ1) is 9.74. The van der Waals surface area contributed by atoms with Crippen LogP contribution in [0.15, 0.2) is 59.4 Å². The molecule has 0 atom stereocenters. The van der Waals surface area contributed by atoms with E-state index in [0.29, 0.717) is 17.2 Å². The van der Waals surface area contributed by atoms with Crippen LogP contribution in [0.3, 0.4) is 0 Å². The van der Waals surface area contributed by atoms with E-state index in [2.05, 4.69) is 15.3 Å². The smallest absolute Gasteiger partial charge is 0.275 e. The molecule has 0 saturated carbocycles. The van der Waals surface area contributed by atoms with Gasteiger partial charge in [-0.3, -0.25) is 9.78 Å². The van der Waals surface area contributed by atoms with E-state index in [4.69, 9.17) is 0 Å². The lowest BCUT2D eigenvalue weighted by Gasteiger charge is -1.98. The molecule has 1 aliphatic rings. The van der Waals surface area contributed by atoms with E-state index in [-0.39, 0.29) is 5.91 Å². The maximum Gasteiger partial charge on any atom is 0.275 e. The van der Waals surface area contributed by atoms with Crippen molar-refractivity contribution in [2.75, 3.05) is 0 Å². The number of benzene rings is 1. The number of hydrogen-bond acceptors (Lipinski definition) is 3. The predicted octanol–water partition coefficient (Wildman–Crippen LogP) is 2.31. The lowest BCUT2D eigenvalue weighted by Crippen LogP contribution is -2.25. The van der Waals surface area contributed by atoms with Crippen LogP contribution in [-0.2, 0) is 4.79 Å². The van der Waals surface area contributed by atoms with Crippen LogP contribution in [0.5, 0.6) is 0 Å². The first-order valence-corrected chi connectivity index (χ1v) is 6.33. The number of carbonyl (C=O) groups is 1. The van der Waals surface area contributed by atoms with Gasteiger partial charge in [-0.25, -0.2) is 4.99 Å². The van der Waals surface area contributed by atoms with Gasteiger partial charge in [-0.1, -0.05) is 30.3 Å². The van der Waals surface area contributed by atoms with Crippen molar-refractivity contribution in [1.82, 2.24) is 10.3 Å². The van der Waals surface area contributed by atoms with Crippen molar-refractivity contribution in [1.29, 1.82) is 0 Å². The Morgan fingerprint density at radius 1 is 1.10 bits per heavy atom. The summed E-state index contributed by atoms with van der Waals surface area (Å²) in [5, 5.41) is 2.74. The highest BCUT2D eigenvalue weighted by Gasteiger charge is 2.21. The molecular formula is C16H13N3O. The maximum atomic E-state index is 12.0. The minimum Gasteiger partial charge on any atom is -0.303 e. The van der Waals surface area contributed by atoms with Gasteiger partial charge in [0.1, 0.15) is 11.4 Å². The molecule has 1 aromatic heterocycles. The zero-order chi connectivity index (χ0) is 13.9. The molecule has 98 valence electrons. The maximum absolute atomic E-state index is 12.0. The van der Waals surface area contributed by atoms with Gasteiger partial charge in [0.05, 0.1) is 0 Å². The summed E-state index contributed by atoms with van der Waals surface area (Å²) in [6.07, 6.45) is 3.47. The van der Waals surface area contributed by atoms with Crippen molar-refractivity contribution < 1.29 is 4.79 Å². The van der Waals surface area contributed by atoms with Gasteiger partial charge in [0.2, 0.25) is 0 Å². The van der Waals surface area contributed by atoms with Crippen LogP contribution in [0.25, 0.3) is 6.08 Å². The third-order valence-electron chi connectivity index (χ3n) is 3.09. The highest BCUT2D eigenvalue weighted by molar-refractivity contribution is 6.19. The second-order valence-electron chi connectivity index (χ2n) is 4.52. The average molecular weight is 263 g/mol. The Morgan fingerprint density at radius 2 is 1.90 bits per heavy atom. The molecule has 20 heavy (non-hydrogen) atoms. The van der Waals surface area contributed by atoms with Crippen molar-refractivity contribution in [3.05, 3.63) is 71.2 Å². The minimum atomic E-state index is -0.200. The van der Waals surface area contributed by atoms with Gasteiger partial charge in [0.25, 0.3) is 5.91 Å². The number of nitrogens with zero attached hydrogens (tertiary/aromatic N) is 2. The molecule has 0 radical (unpaired) electrons. The van der Waals surface area contributed by atoms with Crippen molar-refractivity contribution in [3.63, 3.8) is 0 Å². The molecule has 2 aromatic rings. The Bertz CT molecular complexity index is 718. The zero-order valence-corrected chi connectivity index (χ0v) is 11.0. The lowest BCUT2D eigenvalue weighted by atomic mass is 10.1. The molecule has 1 amide bonds. The van der Waals surface area contributed by atoms with Crippen molar-refractivity contribution in [2.24, 2.45) is 4.99 Å². The largest absolute Gasteiger partial charge is 0.303 e. The lowest BCUT2D eigenvalue weighted by molar-refractivity contribution is -0.115. The Morgan fingerprint density at radius 3 is 2.65 bits per heavy atom. The number of nitrogens with one attached hydrogen (secondary N) is 1. The second-order valence-corrected chi connectivity index (χ2v) is 4.52. The number of aromatic nitrogens is 1. The number of amides is 1. The number of pyridine rings is 1. The average Bonchev–Trinajstić information content (AvgIpc) is 2.84. The summed E-state index contributed by atoms with van der Waals surface area (Å²) in [4.78, 5) is 20.5. The normalized spacial score (nSPS) is 16.1. The number of hydrogen-bond donors (Lipinski definition) is 1. The summed E-state index contributed by atoms with van der Waals surface area (Å²) >= 11 is 0. The summed E-state index contributed by atoms with van der Waals surface area (Å²) in [7, 11) is 0. The van der Waals surface area contributed by atoms with E-state index < -0.39 is 0 Å². The second kappa shape index (κ2) is 5.09. The number of aryl methyl sites for hydroxylation is 1. The molecule has 0 saturated heterocycles. The van der Waals surface area contributed by atoms with Gasteiger partial charge in [0.15, 0.2) is 5.84 Å². The molecule has 0 aliphatic carbocycles. The quantitative estimate of drug-likeness (QED) is 0.845. The number of aliphatic imine (C=N–C) groups is 1. The summed E-state index contributed by atoms with van der Waals surface area (Å²) in [6.45, 7) is 2.00. The van der Waals surface area contributed by atoms with Crippen LogP contribution in [0.4, 0.5) is 0 Å². The van der Waals surface area contributed by atoms with Crippen LogP contribution in [0.2, 0.25) is 0 Å². The van der Waals surface area contributed by atoms with E-state index in [1.54, 1.807) is 12.3 Å². The third kappa shape index (κ3) is 2.36. The fraction of sp³-hybridized carbons (Fsp3) is 0.0625. The Balaban J connectivity index is 1.97. The first-order valence-electron chi connectivity index (χ1n) is 6.33. The summed E-state index contributed by atoms with van der Waals surface area (Å²) in [5.74, 6) is 0.296. The standard InChI is InChI=1S/C16H13N3O/c1-11-6-2-3-7-12(11)10-14-16(20)19-15(18-14)13-8-4-5-9-17-13/h2-10H,1H3,(H,18,19,20)/b14-10-. The first kappa shape index (κ1) is 12.3. The van der Waals surface area contributed by atoms with Gasteiger partial charge in [0, 0.05) is 6.20 Å². The van der Waals surface area contributed by atoms with Crippen molar-refractivity contribution >= 4 is 17.8 Å². The Hall–Kier alpha value is -2.75. The van der Waals surface area contributed by atoms with E-state index in [1.807, 2.05) is 49.4 Å². The third-order valence-corrected chi connectivity index (χ3v) is 3.09.